The fourth-order valence-corrected chi connectivity index (χ4v) is 3.37. The third-order valence-electron chi connectivity index (χ3n) is 3.90. The predicted octanol–water partition coefficient (Wildman–Crippen LogP) is 3.10. The summed E-state index contributed by atoms with van der Waals surface area (Å²) in [7, 11) is 0. The Balaban J connectivity index is 1.76. The molecule has 0 aromatic carbocycles. The summed E-state index contributed by atoms with van der Waals surface area (Å²) in [5.74, 6) is 0.952. The van der Waals surface area contributed by atoms with Gasteiger partial charge in [0.25, 0.3) is 0 Å². The number of aryl methyl sites for hydroxylation is 1. The zero-order valence-corrected chi connectivity index (χ0v) is 14.0. The summed E-state index contributed by atoms with van der Waals surface area (Å²) in [6, 6.07) is 0. The maximum Gasteiger partial charge on any atom is 0.133 e. The lowest BCUT2D eigenvalue weighted by molar-refractivity contribution is 0.243. The van der Waals surface area contributed by atoms with Gasteiger partial charge < -0.3 is 0 Å². The highest BCUT2D eigenvalue weighted by atomic mass is 32.1. The molecule has 0 amide bonds. The lowest BCUT2D eigenvalue weighted by Crippen LogP contribution is -2.31. The Morgan fingerprint density at radius 3 is 2.76 bits per heavy atom. The van der Waals surface area contributed by atoms with E-state index in [1.54, 1.807) is 11.3 Å². The maximum atomic E-state index is 4.79. The molecule has 0 saturated carbocycles. The van der Waals surface area contributed by atoms with Crippen molar-refractivity contribution in [2.45, 2.75) is 52.6 Å². The number of nitrogens with zero attached hydrogens (tertiary/aromatic N) is 4. The number of fused-ring (bicyclic) bond motifs is 1. The Kier molecular flexibility index (Phi) is 3.80. The van der Waals surface area contributed by atoms with Crippen LogP contribution >= 0.6 is 11.3 Å². The topological polar surface area (TPSA) is 41.9 Å². The largest absolute Gasteiger partial charge is 0.293 e. The van der Waals surface area contributed by atoms with E-state index in [1.807, 2.05) is 11.7 Å². The minimum absolute atomic E-state index is 0.0198. The van der Waals surface area contributed by atoms with Crippen LogP contribution in [-0.4, -0.2) is 26.4 Å². The molecule has 2 aromatic rings. The van der Waals surface area contributed by atoms with Crippen LogP contribution in [0.1, 0.15) is 48.4 Å². The minimum Gasteiger partial charge on any atom is -0.293 e. The summed E-state index contributed by atoms with van der Waals surface area (Å²) >= 11 is 1.75. The van der Waals surface area contributed by atoms with E-state index >= 15 is 0 Å². The molecule has 0 fully saturated rings. The Labute approximate surface area is 130 Å². The predicted molar refractivity (Wildman–Crippen MR) is 85.4 cm³/mol. The van der Waals surface area contributed by atoms with Crippen molar-refractivity contribution < 1.29 is 0 Å². The average molecular weight is 302 g/mol. The van der Waals surface area contributed by atoms with Crippen LogP contribution in [0, 0.1) is 6.92 Å². The van der Waals surface area contributed by atoms with Gasteiger partial charge in [0, 0.05) is 53.8 Å². The number of rotatable bonds is 2. The first kappa shape index (κ1) is 14.6. The quantitative estimate of drug-likeness (QED) is 0.855. The highest BCUT2D eigenvalue weighted by Gasteiger charge is 2.23. The van der Waals surface area contributed by atoms with E-state index in [1.165, 1.54) is 16.1 Å². The molecular formula is C16H22N4S. The van der Waals surface area contributed by atoms with E-state index in [4.69, 9.17) is 4.98 Å². The first-order chi connectivity index (χ1) is 9.93. The van der Waals surface area contributed by atoms with E-state index in [0.29, 0.717) is 0 Å². The Hall–Kier alpha value is -1.33. The zero-order valence-electron chi connectivity index (χ0n) is 13.2. The summed E-state index contributed by atoms with van der Waals surface area (Å²) in [5.41, 5.74) is 5.61. The maximum absolute atomic E-state index is 4.79. The normalized spacial score (nSPS) is 16.0. The molecule has 5 heteroatoms. The molecule has 0 unspecified atom stereocenters. The molecule has 1 aliphatic rings. The molecule has 21 heavy (non-hydrogen) atoms. The van der Waals surface area contributed by atoms with Gasteiger partial charge in [-0.25, -0.2) is 15.0 Å². The first-order valence-electron chi connectivity index (χ1n) is 7.40. The van der Waals surface area contributed by atoms with Gasteiger partial charge in [-0.05, 0) is 6.92 Å². The molecule has 0 atom stereocenters. The van der Waals surface area contributed by atoms with Gasteiger partial charge in [-0.1, -0.05) is 20.8 Å². The van der Waals surface area contributed by atoms with Gasteiger partial charge in [-0.2, -0.15) is 0 Å². The van der Waals surface area contributed by atoms with E-state index < -0.39 is 0 Å². The lowest BCUT2D eigenvalue weighted by atomic mass is 9.95. The second kappa shape index (κ2) is 5.46. The van der Waals surface area contributed by atoms with Crippen molar-refractivity contribution in [1.29, 1.82) is 0 Å². The highest BCUT2D eigenvalue weighted by Crippen LogP contribution is 2.24. The van der Waals surface area contributed by atoms with Crippen LogP contribution in [0.5, 0.6) is 0 Å². The monoisotopic (exact) mass is 302 g/mol. The third kappa shape index (κ3) is 3.14. The molecule has 1 aliphatic heterocycles. The van der Waals surface area contributed by atoms with Crippen LogP contribution in [0.4, 0.5) is 0 Å². The molecule has 0 bridgehead atoms. The molecule has 2 aromatic heterocycles. The molecule has 4 nitrogen and oxygen atoms in total. The SMILES string of the molecule is Cc1ncsc1CN1CCc2nc(C(C)(C)C)ncc2C1. The Bertz CT molecular complexity index is 642. The molecular weight excluding hydrogens is 280 g/mol. The molecule has 0 spiro atoms. The molecule has 0 saturated heterocycles. The van der Waals surface area contributed by atoms with Gasteiger partial charge in [-0.15, -0.1) is 11.3 Å². The van der Waals surface area contributed by atoms with Crippen molar-refractivity contribution in [2.24, 2.45) is 0 Å². The summed E-state index contributed by atoms with van der Waals surface area (Å²) < 4.78 is 0. The molecule has 0 radical (unpaired) electrons. The summed E-state index contributed by atoms with van der Waals surface area (Å²) in [5, 5.41) is 0. The fourth-order valence-electron chi connectivity index (χ4n) is 2.55. The van der Waals surface area contributed by atoms with E-state index in [0.717, 1.165) is 37.6 Å². The first-order valence-corrected chi connectivity index (χ1v) is 8.28. The van der Waals surface area contributed by atoms with E-state index in [2.05, 4.69) is 42.6 Å². The number of hydrogen-bond donors (Lipinski definition) is 0. The van der Waals surface area contributed by atoms with Crippen molar-refractivity contribution in [3.05, 3.63) is 39.4 Å². The third-order valence-corrected chi connectivity index (χ3v) is 4.82. The van der Waals surface area contributed by atoms with Crippen LogP contribution in [-0.2, 0) is 24.9 Å². The Morgan fingerprint density at radius 2 is 2.10 bits per heavy atom. The van der Waals surface area contributed by atoms with Crippen molar-refractivity contribution >= 4 is 11.3 Å². The van der Waals surface area contributed by atoms with Crippen LogP contribution in [0.15, 0.2) is 11.7 Å². The molecule has 112 valence electrons. The van der Waals surface area contributed by atoms with Gasteiger partial charge in [0.2, 0.25) is 0 Å². The second-order valence-corrected chi connectivity index (χ2v) is 7.68. The van der Waals surface area contributed by atoms with Gasteiger partial charge in [0.15, 0.2) is 0 Å². The van der Waals surface area contributed by atoms with Crippen LogP contribution in [0.3, 0.4) is 0 Å². The minimum atomic E-state index is 0.0198. The molecule has 0 N–H and O–H groups in total. The summed E-state index contributed by atoms with van der Waals surface area (Å²) in [6.07, 6.45) is 3.04. The van der Waals surface area contributed by atoms with Crippen molar-refractivity contribution in [1.82, 2.24) is 19.9 Å². The van der Waals surface area contributed by atoms with Gasteiger partial charge in [0.1, 0.15) is 5.82 Å². The van der Waals surface area contributed by atoms with E-state index in [9.17, 15) is 0 Å². The smallest absolute Gasteiger partial charge is 0.133 e. The van der Waals surface area contributed by atoms with Crippen molar-refractivity contribution in [3.8, 4) is 0 Å². The average Bonchev–Trinajstić information content (AvgIpc) is 2.82. The fraction of sp³-hybridized carbons (Fsp3) is 0.562. The highest BCUT2D eigenvalue weighted by molar-refractivity contribution is 7.09. The van der Waals surface area contributed by atoms with Crippen molar-refractivity contribution in [2.75, 3.05) is 6.54 Å². The van der Waals surface area contributed by atoms with Gasteiger partial charge in [-0.3, -0.25) is 4.90 Å². The van der Waals surface area contributed by atoms with Gasteiger partial charge >= 0.3 is 0 Å². The van der Waals surface area contributed by atoms with Crippen LogP contribution in [0.25, 0.3) is 0 Å². The number of aromatic nitrogens is 3. The molecule has 3 rings (SSSR count). The standard InChI is InChI=1S/C16H22N4S/c1-11-14(21-10-18-11)9-20-6-5-13-12(8-20)7-17-15(19-13)16(2,3)4/h7,10H,5-6,8-9H2,1-4H3. The van der Waals surface area contributed by atoms with Crippen LogP contribution in [0.2, 0.25) is 0 Å². The summed E-state index contributed by atoms with van der Waals surface area (Å²) in [4.78, 5) is 17.5. The van der Waals surface area contributed by atoms with Crippen molar-refractivity contribution in [3.63, 3.8) is 0 Å². The van der Waals surface area contributed by atoms with E-state index in [-0.39, 0.29) is 5.41 Å². The van der Waals surface area contributed by atoms with Gasteiger partial charge in [0.05, 0.1) is 11.2 Å². The zero-order chi connectivity index (χ0) is 15.0. The number of thiazole rings is 1. The molecule has 3 heterocycles. The lowest BCUT2D eigenvalue weighted by Gasteiger charge is -2.28. The number of hydrogen-bond acceptors (Lipinski definition) is 5. The summed E-state index contributed by atoms with van der Waals surface area (Å²) in [6.45, 7) is 11.6. The second-order valence-electron chi connectivity index (χ2n) is 6.74. The molecule has 0 aliphatic carbocycles. The van der Waals surface area contributed by atoms with Crippen LogP contribution < -0.4 is 0 Å². The Morgan fingerprint density at radius 1 is 1.29 bits per heavy atom.